The predicted octanol–water partition coefficient (Wildman–Crippen LogP) is 3.23. The van der Waals surface area contributed by atoms with Crippen LogP contribution in [0.3, 0.4) is 0 Å². The highest BCUT2D eigenvalue weighted by Gasteiger charge is 2.12. The molecule has 1 amide bonds. The average molecular weight is 324 g/mol. The minimum atomic E-state index is -0.215. The monoisotopic (exact) mass is 324 g/mol. The van der Waals surface area contributed by atoms with Gasteiger partial charge in [-0.1, -0.05) is 24.3 Å². The summed E-state index contributed by atoms with van der Waals surface area (Å²) in [6.07, 6.45) is 0.666. The molecule has 0 aliphatic heterocycles. The number of carbonyl (C=O) groups excluding carboxylic acids is 1. The predicted molar refractivity (Wildman–Crippen MR) is 99.8 cm³/mol. The quantitative estimate of drug-likeness (QED) is 0.563. The fourth-order valence-corrected chi connectivity index (χ4v) is 2.22. The van der Waals surface area contributed by atoms with Crippen LogP contribution in [-0.4, -0.2) is 36.7 Å². The van der Waals surface area contributed by atoms with Gasteiger partial charge in [0.1, 0.15) is 0 Å². The summed E-state index contributed by atoms with van der Waals surface area (Å²) in [6.45, 7) is 2.08. The van der Waals surface area contributed by atoms with Gasteiger partial charge in [-0.2, -0.15) is 0 Å². The number of nitrogens with two attached hydrogens (primary N) is 1. The van der Waals surface area contributed by atoms with Gasteiger partial charge in [0.05, 0.1) is 11.4 Å². The molecule has 4 N–H and O–H groups in total. The maximum atomic E-state index is 12.3. The van der Waals surface area contributed by atoms with E-state index in [1.165, 1.54) is 0 Å². The number of carbonyl (C=O) groups is 1. The number of para-hydroxylation sites is 2. The van der Waals surface area contributed by atoms with E-state index >= 15 is 0 Å². The van der Waals surface area contributed by atoms with Gasteiger partial charge in [0.15, 0.2) is 0 Å². The summed E-state index contributed by atoms with van der Waals surface area (Å²) in [5.74, 6) is -0.215. The molecular weight excluding hydrogens is 300 g/mol. The highest BCUT2D eigenvalue weighted by atomic mass is 16.1. The third-order valence-electron chi connectivity index (χ3n) is 4.09. The first-order chi connectivity index (χ1) is 11.4. The highest BCUT2D eigenvalue weighted by molar-refractivity contribution is 6.06. The SMILES string of the molecule is C[C@@H](CC(=N)c1ccc(C(=O)Nc2ccccc2N)cc1)N(C)C. The minimum Gasteiger partial charge on any atom is -0.397 e. The minimum absolute atomic E-state index is 0.215. The number of nitrogens with zero attached hydrogens (tertiary/aromatic N) is 1. The molecule has 0 aliphatic rings. The number of rotatable bonds is 6. The molecule has 126 valence electrons. The standard InChI is InChI=1S/C19H24N4O/c1-13(23(2)3)12-17(21)14-8-10-15(11-9-14)19(24)22-18-7-5-4-6-16(18)20/h4-11,13,21H,12,20H2,1-3H3,(H,22,24)/t13-/m0/s1. The second-order valence-corrected chi connectivity index (χ2v) is 6.11. The third-order valence-corrected chi connectivity index (χ3v) is 4.09. The van der Waals surface area contributed by atoms with Crippen molar-refractivity contribution >= 4 is 23.0 Å². The van der Waals surface area contributed by atoms with E-state index in [1.807, 2.05) is 38.4 Å². The molecule has 0 saturated heterocycles. The van der Waals surface area contributed by atoms with Crippen molar-refractivity contribution < 1.29 is 4.79 Å². The van der Waals surface area contributed by atoms with Gasteiger partial charge in [0.2, 0.25) is 0 Å². The van der Waals surface area contributed by atoms with Crippen LogP contribution in [-0.2, 0) is 0 Å². The van der Waals surface area contributed by atoms with Crippen LogP contribution in [0.25, 0.3) is 0 Å². The first-order valence-electron chi connectivity index (χ1n) is 7.88. The number of nitrogens with one attached hydrogen (secondary N) is 2. The Bertz CT molecular complexity index is 722. The molecule has 0 heterocycles. The zero-order chi connectivity index (χ0) is 17.7. The molecule has 2 aromatic carbocycles. The maximum absolute atomic E-state index is 12.3. The molecule has 0 aliphatic carbocycles. The molecule has 0 unspecified atom stereocenters. The van der Waals surface area contributed by atoms with Crippen LogP contribution < -0.4 is 11.1 Å². The van der Waals surface area contributed by atoms with E-state index in [-0.39, 0.29) is 5.91 Å². The van der Waals surface area contributed by atoms with E-state index in [4.69, 9.17) is 11.1 Å². The summed E-state index contributed by atoms with van der Waals surface area (Å²) in [4.78, 5) is 14.4. The van der Waals surface area contributed by atoms with Gasteiger partial charge < -0.3 is 21.4 Å². The summed E-state index contributed by atoms with van der Waals surface area (Å²) in [5.41, 5.74) is 8.90. The van der Waals surface area contributed by atoms with Gasteiger partial charge in [0.25, 0.3) is 5.91 Å². The molecule has 5 nitrogen and oxygen atoms in total. The summed E-state index contributed by atoms with van der Waals surface area (Å²) < 4.78 is 0. The number of hydrogen-bond acceptors (Lipinski definition) is 4. The molecule has 24 heavy (non-hydrogen) atoms. The second kappa shape index (κ2) is 7.75. The van der Waals surface area contributed by atoms with Gasteiger partial charge >= 0.3 is 0 Å². The van der Waals surface area contributed by atoms with Crippen LogP contribution in [0.4, 0.5) is 11.4 Å². The van der Waals surface area contributed by atoms with E-state index in [1.54, 1.807) is 24.3 Å². The summed E-state index contributed by atoms with van der Waals surface area (Å²) in [5, 5.41) is 11.0. The Morgan fingerprint density at radius 1 is 1.12 bits per heavy atom. The van der Waals surface area contributed by atoms with E-state index in [9.17, 15) is 4.79 Å². The normalized spacial score (nSPS) is 12.0. The van der Waals surface area contributed by atoms with Gasteiger partial charge in [0, 0.05) is 23.7 Å². The van der Waals surface area contributed by atoms with Crippen molar-refractivity contribution in [3.8, 4) is 0 Å². The van der Waals surface area contributed by atoms with Crippen molar-refractivity contribution in [2.75, 3.05) is 25.1 Å². The Morgan fingerprint density at radius 2 is 1.71 bits per heavy atom. The van der Waals surface area contributed by atoms with Crippen molar-refractivity contribution in [3.05, 3.63) is 59.7 Å². The van der Waals surface area contributed by atoms with E-state index in [0.29, 0.717) is 35.1 Å². The zero-order valence-electron chi connectivity index (χ0n) is 14.3. The lowest BCUT2D eigenvalue weighted by atomic mass is 10.0. The highest BCUT2D eigenvalue weighted by Crippen LogP contribution is 2.18. The number of benzene rings is 2. The van der Waals surface area contributed by atoms with Crippen molar-refractivity contribution in [1.82, 2.24) is 4.90 Å². The molecule has 2 rings (SSSR count). The Hall–Kier alpha value is -2.66. The van der Waals surface area contributed by atoms with E-state index < -0.39 is 0 Å². The molecule has 0 fully saturated rings. The summed E-state index contributed by atoms with van der Waals surface area (Å²) in [6, 6.07) is 14.5. The van der Waals surface area contributed by atoms with Gasteiger partial charge in [-0.25, -0.2) is 0 Å². The van der Waals surface area contributed by atoms with Crippen LogP contribution in [0.15, 0.2) is 48.5 Å². The van der Waals surface area contributed by atoms with Crippen LogP contribution in [0.1, 0.15) is 29.3 Å². The van der Waals surface area contributed by atoms with Crippen LogP contribution in [0.2, 0.25) is 0 Å². The molecule has 0 spiro atoms. The molecule has 0 aromatic heterocycles. The lowest BCUT2D eigenvalue weighted by Crippen LogP contribution is -2.27. The maximum Gasteiger partial charge on any atom is 0.255 e. The van der Waals surface area contributed by atoms with E-state index in [0.717, 1.165) is 5.56 Å². The molecule has 5 heteroatoms. The van der Waals surface area contributed by atoms with E-state index in [2.05, 4.69) is 17.1 Å². The lowest BCUT2D eigenvalue weighted by Gasteiger charge is -2.20. The summed E-state index contributed by atoms with van der Waals surface area (Å²) >= 11 is 0. The number of anilines is 2. The zero-order valence-corrected chi connectivity index (χ0v) is 14.3. The average Bonchev–Trinajstić information content (AvgIpc) is 2.56. The molecule has 0 bridgehead atoms. The first kappa shape index (κ1) is 17.7. The van der Waals surface area contributed by atoms with Gasteiger partial charge in [-0.05, 0) is 50.8 Å². The van der Waals surface area contributed by atoms with Crippen LogP contribution >= 0.6 is 0 Å². The fraction of sp³-hybridized carbons (Fsp3) is 0.263. The largest absolute Gasteiger partial charge is 0.397 e. The Kier molecular flexibility index (Phi) is 5.71. The number of hydrogen-bond donors (Lipinski definition) is 3. The lowest BCUT2D eigenvalue weighted by molar-refractivity contribution is 0.102. The summed E-state index contributed by atoms with van der Waals surface area (Å²) in [7, 11) is 4.00. The molecule has 2 aromatic rings. The van der Waals surface area contributed by atoms with Crippen molar-refractivity contribution in [2.24, 2.45) is 0 Å². The second-order valence-electron chi connectivity index (χ2n) is 6.11. The first-order valence-corrected chi connectivity index (χ1v) is 7.88. The topological polar surface area (TPSA) is 82.2 Å². The number of nitrogen functional groups attached to an aromatic ring is 1. The number of amides is 1. The Labute approximate surface area is 143 Å². The van der Waals surface area contributed by atoms with Crippen molar-refractivity contribution in [2.45, 2.75) is 19.4 Å². The van der Waals surface area contributed by atoms with Gasteiger partial charge in [-0.15, -0.1) is 0 Å². The van der Waals surface area contributed by atoms with Crippen molar-refractivity contribution in [1.29, 1.82) is 5.41 Å². The Balaban J connectivity index is 2.05. The van der Waals surface area contributed by atoms with Crippen molar-refractivity contribution in [3.63, 3.8) is 0 Å². The molecule has 0 saturated carbocycles. The van der Waals surface area contributed by atoms with Gasteiger partial charge in [-0.3, -0.25) is 4.79 Å². The molecular formula is C19H24N4O. The Morgan fingerprint density at radius 3 is 2.29 bits per heavy atom. The fourth-order valence-electron chi connectivity index (χ4n) is 2.22. The third kappa shape index (κ3) is 4.43. The molecule has 1 atom stereocenters. The van der Waals surface area contributed by atoms with Crippen LogP contribution in [0.5, 0.6) is 0 Å². The van der Waals surface area contributed by atoms with Crippen LogP contribution in [0, 0.1) is 5.41 Å². The molecule has 0 radical (unpaired) electrons. The smallest absolute Gasteiger partial charge is 0.255 e.